The molecule has 1 aliphatic carbocycles. The molecule has 0 spiro atoms. The molecule has 2 aromatic heterocycles. The maximum Gasteiger partial charge on any atom is 0.235 e. The Morgan fingerprint density at radius 3 is 2.16 bits per heavy atom. The third-order valence-electron chi connectivity index (χ3n) is 9.92. The Morgan fingerprint density at radius 1 is 0.533 bits per heavy atom. The maximum absolute atomic E-state index is 5.44. The van der Waals surface area contributed by atoms with Gasteiger partial charge in [-0.3, -0.25) is 4.57 Å². The van der Waals surface area contributed by atoms with Crippen LogP contribution >= 0.6 is 0 Å². The van der Waals surface area contributed by atoms with Crippen molar-refractivity contribution in [3.8, 4) is 28.3 Å². The second kappa shape index (κ2) is 8.67. The molecule has 0 unspecified atom stereocenters. The second-order valence-corrected chi connectivity index (χ2v) is 12.7. The van der Waals surface area contributed by atoms with Crippen LogP contribution in [0.1, 0.15) is 25.0 Å². The highest BCUT2D eigenvalue weighted by molar-refractivity contribution is 6.13. The number of nitrogens with zero attached hydrogens (tertiary/aromatic N) is 4. The molecule has 0 saturated heterocycles. The van der Waals surface area contributed by atoms with Crippen molar-refractivity contribution in [1.29, 1.82) is 0 Å². The smallest absolute Gasteiger partial charge is 0.235 e. The minimum absolute atomic E-state index is 0.0717. The monoisotopic (exact) mass is 576 g/mol. The van der Waals surface area contributed by atoms with Gasteiger partial charge >= 0.3 is 0 Å². The highest BCUT2D eigenvalue weighted by atomic mass is 15.2. The van der Waals surface area contributed by atoms with E-state index in [9.17, 15) is 0 Å². The van der Waals surface area contributed by atoms with Crippen molar-refractivity contribution in [3.05, 3.63) is 145 Å². The third kappa shape index (κ3) is 3.21. The molecule has 3 heterocycles. The maximum atomic E-state index is 5.44. The van der Waals surface area contributed by atoms with E-state index in [0.29, 0.717) is 5.95 Å². The third-order valence-corrected chi connectivity index (χ3v) is 9.92. The molecule has 45 heavy (non-hydrogen) atoms. The molecule has 0 bridgehead atoms. The minimum Gasteiger partial charge on any atom is -0.309 e. The Labute approximate surface area is 260 Å². The van der Waals surface area contributed by atoms with Gasteiger partial charge < -0.3 is 4.90 Å². The van der Waals surface area contributed by atoms with Crippen molar-refractivity contribution in [1.82, 2.24) is 14.5 Å². The van der Waals surface area contributed by atoms with Gasteiger partial charge in [0.1, 0.15) is 0 Å². The Hall–Kier alpha value is -5.74. The van der Waals surface area contributed by atoms with Gasteiger partial charge in [0.25, 0.3) is 0 Å². The van der Waals surface area contributed by atoms with Crippen LogP contribution in [0.25, 0.3) is 61.0 Å². The summed E-state index contributed by atoms with van der Waals surface area (Å²) in [5.41, 5.74) is 13.8. The number of aromatic nitrogens is 3. The molecule has 8 aromatic rings. The molecule has 4 nitrogen and oxygen atoms in total. The SMILES string of the molecule is CC1(C)c2ccccc2-c2cc3c(cc21)c1ccccc1n3-c1nc2c3c(cccc3n1)N(c1ccccc1)c1ccccc1-2. The number of benzene rings is 6. The topological polar surface area (TPSA) is 34.0 Å². The molecule has 2 aliphatic rings. The number of rotatable bonds is 2. The molecule has 1 aliphatic heterocycles. The largest absolute Gasteiger partial charge is 0.309 e. The fraction of sp³-hybridized carbons (Fsp3) is 0.0732. The Morgan fingerprint density at radius 2 is 1.27 bits per heavy atom. The van der Waals surface area contributed by atoms with Gasteiger partial charge in [-0.1, -0.05) is 98.8 Å². The van der Waals surface area contributed by atoms with Crippen molar-refractivity contribution in [2.75, 3.05) is 4.90 Å². The molecular formula is C41H28N4. The van der Waals surface area contributed by atoms with E-state index in [1.54, 1.807) is 0 Å². The first-order valence-corrected chi connectivity index (χ1v) is 15.5. The number of hydrogen-bond acceptors (Lipinski definition) is 3. The molecule has 0 amide bonds. The molecule has 10 rings (SSSR count). The van der Waals surface area contributed by atoms with Gasteiger partial charge in [0.15, 0.2) is 0 Å². The predicted octanol–water partition coefficient (Wildman–Crippen LogP) is 10.5. The van der Waals surface area contributed by atoms with Crippen LogP contribution in [-0.2, 0) is 5.41 Å². The van der Waals surface area contributed by atoms with Crippen molar-refractivity contribution >= 4 is 49.8 Å². The van der Waals surface area contributed by atoms with Crippen LogP contribution in [0.2, 0.25) is 0 Å². The van der Waals surface area contributed by atoms with Crippen LogP contribution < -0.4 is 4.90 Å². The highest BCUT2D eigenvalue weighted by Crippen LogP contribution is 2.52. The van der Waals surface area contributed by atoms with Crippen molar-refractivity contribution in [3.63, 3.8) is 0 Å². The van der Waals surface area contributed by atoms with E-state index in [0.717, 1.165) is 50.3 Å². The van der Waals surface area contributed by atoms with Gasteiger partial charge in [0, 0.05) is 27.4 Å². The number of hydrogen-bond donors (Lipinski definition) is 0. The zero-order valence-corrected chi connectivity index (χ0v) is 25.0. The first-order chi connectivity index (χ1) is 22.1. The zero-order valence-electron chi connectivity index (χ0n) is 25.0. The molecule has 0 N–H and O–H groups in total. The average molecular weight is 577 g/mol. The van der Waals surface area contributed by atoms with Crippen LogP contribution in [0.4, 0.5) is 17.1 Å². The van der Waals surface area contributed by atoms with Crippen LogP contribution in [0, 0.1) is 0 Å². The molecular weight excluding hydrogens is 548 g/mol. The van der Waals surface area contributed by atoms with Crippen LogP contribution in [0.5, 0.6) is 0 Å². The zero-order chi connectivity index (χ0) is 29.9. The van der Waals surface area contributed by atoms with Crippen molar-refractivity contribution in [2.24, 2.45) is 0 Å². The summed E-state index contributed by atoms with van der Waals surface area (Å²) in [6.45, 7) is 4.68. The molecule has 6 aromatic carbocycles. The lowest BCUT2D eigenvalue weighted by atomic mass is 9.82. The number of anilines is 3. The van der Waals surface area contributed by atoms with E-state index in [2.05, 4.69) is 157 Å². The lowest BCUT2D eigenvalue weighted by Gasteiger charge is -2.32. The Kier molecular flexibility index (Phi) is 4.76. The number of para-hydroxylation sites is 3. The molecule has 4 heteroatoms. The fourth-order valence-corrected chi connectivity index (χ4v) is 7.87. The van der Waals surface area contributed by atoms with Crippen LogP contribution in [0.3, 0.4) is 0 Å². The van der Waals surface area contributed by atoms with E-state index in [1.165, 1.54) is 33.0 Å². The van der Waals surface area contributed by atoms with E-state index < -0.39 is 0 Å². The molecule has 0 radical (unpaired) electrons. The van der Waals surface area contributed by atoms with Gasteiger partial charge in [-0.2, -0.15) is 0 Å². The summed E-state index contributed by atoms with van der Waals surface area (Å²) >= 11 is 0. The summed E-state index contributed by atoms with van der Waals surface area (Å²) in [5, 5.41) is 3.51. The summed E-state index contributed by atoms with van der Waals surface area (Å²) in [4.78, 5) is 13.1. The average Bonchev–Trinajstić information content (AvgIpc) is 3.52. The van der Waals surface area contributed by atoms with Crippen molar-refractivity contribution < 1.29 is 0 Å². The Balaban J connectivity index is 1.30. The normalized spacial score (nSPS) is 14.1. The lowest BCUT2D eigenvalue weighted by molar-refractivity contribution is 0.661. The second-order valence-electron chi connectivity index (χ2n) is 12.7. The van der Waals surface area contributed by atoms with Gasteiger partial charge in [-0.05, 0) is 70.8 Å². The molecule has 0 atom stereocenters. The number of fused-ring (bicyclic) bond motifs is 8. The van der Waals surface area contributed by atoms with Crippen molar-refractivity contribution in [2.45, 2.75) is 19.3 Å². The van der Waals surface area contributed by atoms with Crippen LogP contribution in [-0.4, -0.2) is 14.5 Å². The predicted molar refractivity (Wildman–Crippen MR) is 185 cm³/mol. The van der Waals surface area contributed by atoms with E-state index in [-0.39, 0.29) is 5.41 Å². The minimum atomic E-state index is -0.0717. The standard InChI is InChI=1S/C41H28N4/c1-41(2)31-18-9-6-15-26(31)29-24-37-30(23-32(29)41)27-16-7-10-20-34(27)45(37)40-42-33-19-12-22-36-38(33)39(43-40)28-17-8-11-21-35(28)44(36)25-13-4-3-5-14-25/h3-24H,1-2H3. The first kappa shape index (κ1) is 24.7. The summed E-state index contributed by atoms with van der Waals surface area (Å²) in [5.74, 6) is 0.689. The van der Waals surface area contributed by atoms with Gasteiger partial charge in [-0.25, -0.2) is 9.97 Å². The van der Waals surface area contributed by atoms with E-state index >= 15 is 0 Å². The fourth-order valence-electron chi connectivity index (χ4n) is 7.87. The summed E-state index contributed by atoms with van der Waals surface area (Å²) in [6, 6.07) is 47.8. The molecule has 212 valence electrons. The first-order valence-electron chi connectivity index (χ1n) is 15.5. The van der Waals surface area contributed by atoms with E-state index in [4.69, 9.17) is 9.97 Å². The molecule has 0 fully saturated rings. The van der Waals surface area contributed by atoms with Gasteiger partial charge in [0.2, 0.25) is 5.95 Å². The van der Waals surface area contributed by atoms with Gasteiger partial charge in [0.05, 0.1) is 39.0 Å². The molecule has 0 saturated carbocycles. The quantitative estimate of drug-likeness (QED) is 0.205. The Bertz CT molecular complexity index is 2520. The van der Waals surface area contributed by atoms with Gasteiger partial charge in [-0.15, -0.1) is 0 Å². The van der Waals surface area contributed by atoms with E-state index in [1.807, 2.05) is 0 Å². The summed E-state index contributed by atoms with van der Waals surface area (Å²) < 4.78 is 2.27. The highest BCUT2D eigenvalue weighted by Gasteiger charge is 2.36. The van der Waals surface area contributed by atoms with Crippen LogP contribution in [0.15, 0.2) is 133 Å². The summed E-state index contributed by atoms with van der Waals surface area (Å²) in [6.07, 6.45) is 0. The summed E-state index contributed by atoms with van der Waals surface area (Å²) in [7, 11) is 0. The lowest BCUT2D eigenvalue weighted by Crippen LogP contribution is -2.16.